The van der Waals surface area contributed by atoms with Crippen LogP contribution in [0.1, 0.15) is 47.4 Å². The fraction of sp³-hybridized carbons (Fsp3) is 0.429. The number of thiophene rings is 2. The van der Waals surface area contributed by atoms with Crippen LogP contribution in [0.2, 0.25) is 5.02 Å². The number of esters is 1. The van der Waals surface area contributed by atoms with E-state index in [2.05, 4.69) is 10.2 Å². The number of anilines is 1. The van der Waals surface area contributed by atoms with Crippen molar-refractivity contribution in [3.05, 3.63) is 67.5 Å². The summed E-state index contributed by atoms with van der Waals surface area (Å²) in [7, 11) is 3.48. The summed E-state index contributed by atoms with van der Waals surface area (Å²) >= 11 is 8.91. The molecule has 39 heavy (non-hydrogen) atoms. The Morgan fingerprint density at radius 1 is 1.13 bits per heavy atom. The van der Waals surface area contributed by atoms with Crippen molar-refractivity contribution in [2.45, 2.75) is 56.5 Å². The monoisotopic (exact) mass is 592 g/mol. The zero-order valence-corrected chi connectivity index (χ0v) is 24.3. The molecule has 1 saturated carbocycles. The van der Waals surface area contributed by atoms with Gasteiger partial charge in [0, 0.05) is 30.6 Å². The van der Waals surface area contributed by atoms with E-state index in [1.54, 1.807) is 24.3 Å². The molecule has 3 N–H and O–H groups in total. The Balaban J connectivity index is 1.26. The topological polar surface area (TPSA) is 108 Å². The number of aliphatic hydroxyl groups excluding tert-OH is 1. The highest BCUT2D eigenvalue weighted by molar-refractivity contribution is 7.12. The number of benzene rings is 1. The van der Waals surface area contributed by atoms with Crippen LogP contribution in [-0.2, 0) is 26.5 Å². The number of halogens is 1. The highest BCUT2D eigenvalue weighted by Gasteiger charge is 2.45. The van der Waals surface area contributed by atoms with E-state index in [0.717, 1.165) is 12.8 Å². The van der Waals surface area contributed by atoms with Crippen molar-refractivity contribution >= 4 is 51.8 Å². The number of aliphatic hydroxyl groups is 2. The quantitative estimate of drug-likeness (QED) is 0.268. The van der Waals surface area contributed by atoms with E-state index in [4.69, 9.17) is 21.1 Å². The molecule has 1 aromatic carbocycles. The average molecular weight is 593 g/mol. The summed E-state index contributed by atoms with van der Waals surface area (Å²) in [5, 5.41) is 27.7. The van der Waals surface area contributed by atoms with Crippen molar-refractivity contribution in [3.63, 3.8) is 0 Å². The minimum Gasteiger partial charge on any atom is -0.496 e. The van der Waals surface area contributed by atoms with Crippen LogP contribution < -0.4 is 10.1 Å². The Morgan fingerprint density at radius 2 is 1.77 bits per heavy atom. The molecule has 0 unspecified atom stereocenters. The molecule has 1 aliphatic carbocycles. The number of rotatable bonds is 11. The number of hydrogen-bond acceptors (Lipinski definition) is 9. The van der Waals surface area contributed by atoms with Crippen LogP contribution in [0.4, 0.5) is 5.69 Å². The largest absolute Gasteiger partial charge is 0.496 e. The number of nitrogens with one attached hydrogen (secondary N) is 1. The molecule has 0 atom stereocenters. The van der Waals surface area contributed by atoms with Gasteiger partial charge in [0.2, 0.25) is 11.5 Å². The van der Waals surface area contributed by atoms with E-state index >= 15 is 0 Å². The van der Waals surface area contributed by atoms with Gasteiger partial charge in [0.25, 0.3) is 0 Å². The second kappa shape index (κ2) is 13.3. The second-order valence-electron chi connectivity index (χ2n) is 9.58. The van der Waals surface area contributed by atoms with Crippen molar-refractivity contribution in [1.29, 1.82) is 0 Å². The minimum absolute atomic E-state index is 0.174. The van der Waals surface area contributed by atoms with Crippen LogP contribution in [0.3, 0.4) is 0 Å². The first-order chi connectivity index (χ1) is 18.8. The van der Waals surface area contributed by atoms with E-state index in [1.165, 1.54) is 29.8 Å². The van der Waals surface area contributed by atoms with Crippen molar-refractivity contribution in [3.8, 4) is 5.75 Å². The lowest BCUT2D eigenvalue weighted by Crippen LogP contribution is -2.42. The Labute approximate surface area is 241 Å². The average Bonchev–Trinajstić information content (AvgIpc) is 3.68. The molecule has 11 heteroatoms. The number of carbonyl (C=O) groups is 2. The van der Waals surface area contributed by atoms with Crippen molar-refractivity contribution in [1.82, 2.24) is 4.90 Å². The van der Waals surface area contributed by atoms with E-state index < -0.39 is 11.6 Å². The van der Waals surface area contributed by atoms with Gasteiger partial charge in [-0.25, -0.2) is 4.79 Å². The fourth-order valence-electron chi connectivity index (χ4n) is 4.81. The van der Waals surface area contributed by atoms with Crippen molar-refractivity contribution < 1.29 is 29.3 Å². The number of hydrogen-bond donors (Lipinski definition) is 3. The van der Waals surface area contributed by atoms with Crippen LogP contribution in [-0.4, -0.2) is 59.8 Å². The Bertz CT molecular complexity index is 1210. The molecule has 1 fully saturated rings. The molecule has 1 amide bonds. The van der Waals surface area contributed by atoms with Gasteiger partial charge in [-0.15, -0.1) is 22.7 Å². The molecule has 0 spiro atoms. The summed E-state index contributed by atoms with van der Waals surface area (Å²) in [6, 6.07) is 10.6. The van der Waals surface area contributed by atoms with Gasteiger partial charge in [-0.3, -0.25) is 4.79 Å². The van der Waals surface area contributed by atoms with Gasteiger partial charge in [-0.05, 0) is 61.7 Å². The summed E-state index contributed by atoms with van der Waals surface area (Å²) in [6.45, 7) is 0.342. The Kier molecular flexibility index (Phi) is 10.0. The molecule has 1 aliphatic rings. The number of ether oxygens (including phenoxy) is 2. The van der Waals surface area contributed by atoms with Crippen LogP contribution in [0, 0.1) is 0 Å². The highest BCUT2D eigenvalue weighted by atomic mass is 35.5. The lowest BCUT2D eigenvalue weighted by atomic mass is 9.91. The van der Waals surface area contributed by atoms with Gasteiger partial charge in [0.15, 0.2) is 0 Å². The Morgan fingerprint density at radius 3 is 2.31 bits per heavy atom. The van der Waals surface area contributed by atoms with Gasteiger partial charge in [-0.1, -0.05) is 23.7 Å². The first-order valence-electron chi connectivity index (χ1n) is 12.7. The molecule has 210 valence electrons. The molecule has 8 nitrogen and oxygen atoms in total. The molecule has 0 bridgehead atoms. The van der Waals surface area contributed by atoms with E-state index in [9.17, 15) is 19.8 Å². The summed E-state index contributed by atoms with van der Waals surface area (Å²) < 4.78 is 11.1. The molecule has 0 aliphatic heterocycles. The summed E-state index contributed by atoms with van der Waals surface area (Å²) in [5.74, 6) is -0.356. The van der Waals surface area contributed by atoms with Crippen molar-refractivity contribution in [2.75, 3.05) is 26.0 Å². The molecule has 2 heterocycles. The lowest BCUT2D eigenvalue weighted by molar-refractivity contribution is -0.169. The zero-order chi connectivity index (χ0) is 28.0. The Hall–Kier alpha value is -2.47. The highest BCUT2D eigenvalue weighted by Crippen LogP contribution is 2.38. The number of nitrogens with zero attached hydrogens (tertiary/aromatic N) is 1. The van der Waals surface area contributed by atoms with E-state index in [1.807, 2.05) is 29.9 Å². The summed E-state index contributed by atoms with van der Waals surface area (Å²) in [6.07, 6.45) is 3.02. The predicted molar refractivity (Wildman–Crippen MR) is 154 cm³/mol. The van der Waals surface area contributed by atoms with Gasteiger partial charge < -0.3 is 29.9 Å². The van der Waals surface area contributed by atoms with E-state index in [0.29, 0.717) is 51.2 Å². The second-order valence-corrected chi connectivity index (χ2v) is 11.9. The SMILES string of the molecule is COc1cc(NC(=O)CCN(C)C2CCC(OC(=O)C(O)(c3cccs3)c3cccs3)CC2)c(Cl)cc1CO. The third kappa shape index (κ3) is 6.82. The van der Waals surface area contributed by atoms with Crippen LogP contribution in [0.15, 0.2) is 47.2 Å². The molecule has 0 saturated heterocycles. The minimum atomic E-state index is -1.80. The smallest absolute Gasteiger partial charge is 0.349 e. The molecule has 2 aromatic heterocycles. The van der Waals surface area contributed by atoms with Crippen molar-refractivity contribution in [2.24, 2.45) is 0 Å². The molecule has 4 rings (SSSR count). The maximum atomic E-state index is 13.2. The normalized spacial score (nSPS) is 17.7. The van der Waals surface area contributed by atoms with Gasteiger partial charge in [0.1, 0.15) is 11.9 Å². The number of methoxy groups -OCH3 is 1. The number of carbonyl (C=O) groups excluding carboxylic acids is 2. The third-order valence-corrected chi connectivity index (χ3v) is 9.37. The molecular formula is C28H33ClN2O6S2. The first-order valence-corrected chi connectivity index (χ1v) is 14.9. The van der Waals surface area contributed by atoms with Gasteiger partial charge in [-0.2, -0.15) is 0 Å². The molecule has 0 radical (unpaired) electrons. The van der Waals surface area contributed by atoms with E-state index in [-0.39, 0.29) is 31.1 Å². The third-order valence-electron chi connectivity index (χ3n) is 7.10. The fourth-order valence-corrected chi connectivity index (χ4v) is 6.76. The van der Waals surface area contributed by atoms with Gasteiger partial charge >= 0.3 is 5.97 Å². The first kappa shape index (κ1) is 29.5. The van der Waals surface area contributed by atoms with Gasteiger partial charge in [0.05, 0.1) is 34.2 Å². The molecule has 3 aromatic rings. The lowest BCUT2D eigenvalue weighted by Gasteiger charge is -2.35. The van der Waals surface area contributed by atoms with Crippen LogP contribution in [0.25, 0.3) is 0 Å². The summed E-state index contributed by atoms with van der Waals surface area (Å²) in [4.78, 5) is 29.1. The zero-order valence-electron chi connectivity index (χ0n) is 21.9. The standard InChI is InChI=1S/C28H33ClN2O6S2/c1-31(12-11-26(33)30-22-16-23(36-2)18(17-32)15-21(22)29)19-7-9-20(10-8-19)37-27(34)28(35,24-5-3-13-38-24)25-6-4-14-39-25/h3-6,13-16,19-20,32,35H,7-12,17H2,1-2H3,(H,30,33). The molecular weight excluding hydrogens is 560 g/mol. The van der Waals surface area contributed by atoms with Crippen LogP contribution in [0.5, 0.6) is 5.75 Å². The summed E-state index contributed by atoms with van der Waals surface area (Å²) in [5.41, 5.74) is -0.815. The maximum Gasteiger partial charge on any atom is 0.349 e. The maximum absolute atomic E-state index is 13.2. The predicted octanol–water partition coefficient (Wildman–Crippen LogP) is 5.01. The van der Waals surface area contributed by atoms with Crippen LogP contribution >= 0.6 is 34.3 Å². The number of amides is 1.